The van der Waals surface area contributed by atoms with E-state index in [1.54, 1.807) is 6.92 Å². The van der Waals surface area contributed by atoms with Crippen molar-refractivity contribution in [2.75, 3.05) is 39.3 Å². The Balaban J connectivity index is 1.33. The van der Waals surface area contributed by atoms with Crippen molar-refractivity contribution in [2.24, 2.45) is 0 Å². The maximum Gasteiger partial charge on any atom is 0.469 e. The highest BCUT2D eigenvalue weighted by molar-refractivity contribution is 7.46. The monoisotopic (exact) mass is 483 g/mol. The summed E-state index contributed by atoms with van der Waals surface area (Å²) in [6, 6.07) is 0. The molecule has 3 rings (SSSR count). The third-order valence-corrected chi connectivity index (χ3v) is 6.47. The summed E-state index contributed by atoms with van der Waals surface area (Å²) in [4.78, 5) is 59.1. The van der Waals surface area contributed by atoms with Gasteiger partial charge in [0.2, 0.25) is 17.5 Å². The lowest BCUT2D eigenvalue weighted by atomic mass is 9.88. The second-order valence-corrected chi connectivity index (χ2v) is 9.97. The topological polar surface area (TPSA) is 136 Å². The Bertz CT molecular complexity index is 884. The Labute approximate surface area is 194 Å². The van der Waals surface area contributed by atoms with Crippen LogP contribution in [0.3, 0.4) is 0 Å². The number of carbonyl (C=O) groups is 3. The van der Waals surface area contributed by atoms with Crippen LogP contribution in [0.2, 0.25) is 0 Å². The molecule has 11 heteroatoms. The zero-order valence-corrected chi connectivity index (χ0v) is 20.1. The summed E-state index contributed by atoms with van der Waals surface area (Å²) >= 11 is 0. The molecule has 0 bridgehead atoms. The molecule has 10 nitrogen and oxygen atoms in total. The van der Waals surface area contributed by atoms with E-state index < -0.39 is 7.82 Å². The van der Waals surface area contributed by atoms with Gasteiger partial charge in [0.25, 0.3) is 0 Å². The Morgan fingerprint density at radius 3 is 2.21 bits per heavy atom. The summed E-state index contributed by atoms with van der Waals surface area (Å²) in [5, 5.41) is 2.88. The number of nitrogens with zero attached hydrogens (tertiary/aromatic N) is 2. The number of unbranched alkanes of at least 4 members (excludes halogenated alkanes) is 4. The minimum absolute atomic E-state index is 0.0233. The van der Waals surface area contributed by atoms with Gasteiger partial charge in [0.1, 0.15) is 0 Å². The van der Waals surface area contributed by atoms with Gasteiger partial charge in [-0.3, -0.25) is 18.9 Å². The van der Waals surface area contributed by atoms with Crippen LogP contribution in [-0.2, 0) is 23.5 Å². The van der Waals surface area contributed by atoms with E-state index in [0.29, 0.717) is 61.2 Å². The van der Waals surface area contributed by atoms with E-state index in [1.165, 1.54) is 0 Å². The molecule has 2 fully saturated rings. The van der Waals surface area contributed by atoms with E-state index in [4.69, 9.17) is 9.79 Å². The van der Waals surface area contributed by atoms with Crippen molar-refractivity contribution in [3.8, 4) is 0 Å². The van der Waals surface area contributed by atoms with Crippen molar-refractivity contribution >= 4 is 25.3 Å². The average molecular weight is 484 g/mol. The SMILES string of the molecule is CC1=C(N2CC2)C(=O)C(CCCCC(=O)NCCCCCCOP(=O)(O)O)=C(N2CC2)C1=O. The van der Waals surface area contributed by atoms with E-state index in [1.807, 2.05) is 9.80 Å². The lowest BCUT2D eigenvalue weighted by Crippen LogP contribution is -2.29. The molecule has 2 heterocycles. The fourth-order valence-electron chi connectivity index (χ4n) is 4.00. The number of phosphoric ester groups is 1. The number of Topliss-reactive ketones (excluding diaryl/α,β-unsaturated/α-hetero) is 2. The first-order valence-corrected chi connectivity index (χ1v) is 13.2. The zero-order chi connectivity index (χ0) is 24.0. The fourth-order valence-corrected chi connectivity index (χ4v) is 4.37. The molecule has 2 saturated heterocycles. The minimum Gasteiger partial charge on any atom is -0.364 e. The Morgan fingerprint density at radius 1 is 0.939 bits per heavy atom. The number of allylic oxidation sites excluding steroid dienone is 2. The first-order chi connectivity index (χ1) is 15.7. The maximum absolute atomic E-state index is 13.1. The van der Waals surface area contributed by atoms with Crippen LogP contribution in [0.15, 0.2) is 22.5 Å². The first-order valence-electron chi connectivity index (χ1n) is 11.7. The number of phosphoric acid groups is 1. The van der Waals surface area contributed by atoms with Crippen molar-refractivity contribution < 1.29 is 33.3 Å². The Hall–Kier alpha value is -2.00. The van der Waals surface area contributed by atoms with Gasteiger partial charge in [-0.05, 0) is 39.0 Å². The summed E-state index contributed by atoms with van der Waals surface area (Å²) in [7, 11) is -4.38. The fraction of sp³-hybridized carbons (Fsp3) is 0.682. The molecule has 0 spiro atoms. The predicted molar refractivity (Wildman–Crippen MR) is 121 cm³/mol. The number of nitrogens with one attached hydrogen (secondary N) is 1. The average Bonchev–Trinajstić information content (AvgIpc) is 3.64. The number of hydrogen-bond acceptors (Lipinski definition) is 7. The second-order valence-electron chi connectivity index (χ2n) is 8.73. The maximum atomic E-state index is 13.1. The summed E-state index contributed by atoms with van der Waals surface area (Å²) in [5.74, 6) is -0.0938. The van der Waals surface area contributed by atoms with Crippen LogP contribution in [0.4, 0.5) is 0 Å². The van der Waals surface area contributed by atoms with Crippen molar-refractivity contribution in [1.29, 1.82) is 0 Å². The molecule has 1 amide bonds. The summed E-state index contributed by atoms with van der Waals surface area (Å²) in [5.41, 5.74) is 2.29. The standard InChI is InChI=1S/C22H34N3O7P/c1-16-19(24-11-12-24)22(28)17(20(21(16)27)25-13-14-25)8-4-5-9-18(26)23-10-6-2-3-7-15-32-33(29,30)31/h2-15H2,1H3,(H,23,26)(H2,29,30,31). The smallest absolute Gasteiger partial charge is 0.364 e. The van der Waals surface area contributed by atoms with Crippen LogP contribution in [0.1, 0.15) is 58.3 Å². The molecule has 184 valence electrons. The quantitative estimate of drug-likeness (QED) is 0.137. The molecule has 3 N–H and O–H groups in total. The highest BCUT2D eigenvalue weighted by Crippen LogP contribution is 2.36. The molecule has 0 aromatic rings. The third kappa shape index (κ3) is 7.78. The number of ketones is 2. The van der Waals surface area contributed by atoms with Gasteiger partial charge in [-0.2, -0.15) is 0 Å². The predicted octanol–water partition coefficient (Wildman–Crippen LogP) is 1.64. The second kappa shape index (κ2) is 11.4. The van der Waals surface area contributed by atoms with Crippen LogP contribution in [0.25, 0.3) is 0 Å². The van der Waals surface area contributed by atoms with Gasteiger partial charge in [-0.15, -0.1) is 0 Å². The third-order valence-electron chi connectivity index (χ3n) is 5.95. The molecule has 0 aromatic carbocycles. The summed E-state index contributed by atoms with van der Waals surface area (Å²) in [6.07, 6.45) is 5.14. The van der Waals surface area contributed by atoms with E-state index in [0.717, 1.165) is 45.4 Å². The van der Waals surface area contributed by atoms with E-state index in [2.05, 4.69) is 9.84 Å². The molecule has 1 aliphatic carbocycles. The molecule has 0 atom stereocenters. The largest absolute Gasteiger partial charge is 0.469 e. The molecule has 33 heavy (non-hydrogen) atoms. The molecule has 0 unspecified atom stereocenters. The van der Waals surface area contributed by atoms with Crippen LogP contribution in [0.5, 0.6) is 0 Å². The van der Waals surface area contributed by atoms with E-state index in [9.17, 15) is 18.9 Å². The molecule has 0 saturated carbocycles. The molecule has 0 aromatic heterocycles. The van der Waals surface area contributed by atoms with Gasteiger partial charge in [0.05, 0.1) is 18.0 Å². The molecule has 0 radical (unpaired) electrons. The molecular weight excluding hydrogens is 449 g/mol. The van der Waals surface area contributed by atoms with Gasteiger partial charge >= 0.3 is 7.82 Å². The van der Waals surface area contributed by atoms with Crippen LogP contribution < -0.4 is 5.32 Å². The number of amides is 1. The van der Waals surface area contributed by atoms with Gasteiger partial charge < -0.3 is 24.9 Å². The normalized spacial score (nSPS) is 18.4. The van der Waals surface area contributed by atoms with Crippen molar-refractivity contribution in [3.63, 3.8) is 0 Å². The van der Waals surface area contributed by atoms with Gasteiger partial charge in [0, 0.05) is 50.3 Å². The molecule has 2 aliphatic heterocycles. The van der Waals surface area contributed by atoms with E-state index >= 15 is 0 Å². The van der Waals surface area contributed by atoms with Crippen molar-refractivity contribution in [2.45, 2.75) is 58.3 Å². The highest BCUT2D eigenvalue weighted by Gasteiger charge is 2.41. The number of hydrogen-bond donors (Lipinski definition) is 3. The Morgan fingerprint density at radius 2 is 1.58 bits per heavy atom. The van der Waals surface area contributed by atoms with Gasteiger partial charge in [-0.25, -0.2) is 4.57 Å². The van der Waals surface area contributed by atoms with Crippen molar-refractivity contribution in [3.05, 3.63) is 22.5 Å². The van der Waals surface area contributed by atoms with Crippen molar-refractivity contribution in [1.82, 2.24) is 15.1 Å². The lowest BCUT2D eigenvalue weighted by Gasteiger charge is -2.24. The van der Waals surface area contributed by atoms with Gasteiger partial charge in [-0.1, -0.05) is 12.8 Å². The summed E-state index contributed by atoms with van der Waals surface area (Å²) in [6.45, 7) is 5.58. The number of carbonyl (C=O) groups excluding carboxylic acids is 3. The molecule has 3 aliphatic rings. The minimum atomic E-state index is -4.38. The zero-order valence-electron chi connectivity index (χ0n) is 19.2. The first kappa shape index (κ1) is 25.6. The summed E-state index contributed by atoms with van der Waals surface area (Å²) < 4.78 is 14.9. The van der Waals surface area contributed by atoms with Gasteiger partial charge in [0.15, 0.2) is 0 Å². The van der Waals surface area contributed by atoms with Crippen LogP contribution >= 0.6 is 7.82 Å². The molecular formula is C22H34N3O7P. The highest BCUT2D eigenvalue weighted by atomic mass is 31.2. The van der Waals surface area contributed by atoms with E-state index in [-0.39, 0.29) is 24.1 Å². The van der Waals surface area contributed by atoms with Crippen LogP contribution in [-0.4, -0.2) is 76.4 Å². The van der Waals surface area contributed by atoms with Crippen LogP contribution in [0, 0.1) is 0 Å². The lowest BCUT2D eigenvalue weighted by molar-refractivity contribution is -0.121. The number of rotatable bonds is 15. The Kier molecular flexibility index (Phi) is 8.87.